The minimum atomic E-state index is -0.342. The van der Waals surface area contributed by atoms with Crippen molar-refractivity contribution in [2.45, 2.75) is 19.9 Å². The Hall–Kier alpha value is -3.08. The van der Waals surface area contributed by atoms with Crippen molar-refractivity contribution in [3.63, 3.8) is 0 Å². The van der Waals surface area contributed by atoms with Gasteiger partial charge in [-0.1, -0.05) is 24.3 Å². The molecule has 132 valence electrons. The largest absolute Gasteiger partial charge is 0.497 e. The molecule has 0 saturated carbocycles. The van der Waals surface area contributed by atoms with Crippen LogP contribution in [0, 0.1) is 6.92 Å². The maximum atomic E-state index is 12.3. The number of hydrogen-bond donors (Lipinski definition) is 0. The van der Waals surface area contributed by atoms with E-state index < -0.39 is 0 Å². The summed E-state index contributed by atoms with van der Waals surface area (Å²) in [5.74, 6) is 1.25. The maximum absolute atomic E-state index is 12.3. The minimum absolute atomic E-state index is 0.342. The van der Waals surface area contributed by atoms with Gasteiger partial charge >= 0.3 is 6.09 Å². The van der Waals surface area contributed by atoms with Crippen molar-refractivity contribution in [1.82, 2.24) is 9.88 Å². The summed E-state index contributed by atoms with van der Waals surface area (Å²) in [4.78, 5) is 18.6. The van der Waals surface area contributed by atoms with Crippen molar-refractivity contribution in [1.29, 1.82) is 0 Å². The predicted molar refractivity (Wildman–Crippen MR) is 99.6 cm³/mol. The summed E-state index contributed by atoms with van der Waals surface area (Å²) in [6.07, 6.45) is 0.416. The van der Waals surface area contributed by atoms with E-state index in [2.05, 4.69) is 23.2 Å². The van der Waals surface area contributed by atoms with Gasteiger partial charge in [-0.05, 0) is 48.7 Å². The lowest BCUT2D eigenvalue weighted by atomic mass is 10.1. The number of hydrogen-bond acceptors (Lipinski definition) is 4. The lowest BCUT2D eigenvalue weighted by Gasteiger charge is -2.27. The highest BCUT2D eigenvalue weighted by molar-refractivity contribution is 5.82. The van der Waals surface area contributed by atoms with Crippen LogP contribution < -0.4 is 9.47 Å². The number of amides is 1. The Labute approximate surface area is 152 Å². The molecule has 2 heterocycles. The summed E-state index contributed by atoms with van der Waals surface area (Å²) in [5, 5.41) is 1.06. The van der Waals surface area contributed by atoms with E-state index in [0.717, 1.165) is 39.8 Å². The van der Waals surface area contributed by atoms with E-state index >= 15 is 0 Å². The summed E-state index contributed by atoms with van der Waals surface area (Å²) in [7, 11) is 1.65. The Balaban J connectivity index is 1.51. The van der Waals surface area contributed by atoms with E-state index in [1.54, 1.807) is 12.0 Å². The van der Waals surface area contributed by atoms with Crippen LogP contribution in [0.2, 0.25) is 0 Å². The fourth-order valence-electron chi connectivity index (χ4n) is 3.15. The number of pyridine rings is 1. The summed E-state index contributed by atoms with van der Waals surface area (Å²) < 4.78 is 10.6. The number of carbonyl (C=O) groups excluding carboxylic acids is 1. The first-order valence-corrected chi connectivity index (χ1v) is 8.62. The average Bonchev–Trinajstić information content (AvgIpc) is 2.65. The van der Waals surface area contributed by atoms with Gasteiger partial charge in [-0.15, -0.1) is 0 Å². The number of carbonyl (C=O) groups is 1. The van der Waals surface area contributed by atoms with Crippen molar-refractivity contribution in [2.24, 2.45) is 0 Å². The van der Waals surface area contributed by atoms with Crippen molar-refractivity contribution in [3.8, 4) is 11.6 Å². The summed E-state index contributed by atoms with van der Waals surface area (Å²) >= 11 is 0. The molecule has 0 saturated heterocycles. The smallest absolute Gasteiger partial charge is 0.416 e. The zero-order valence-electron chi connectivity index (χ0n) is 14.9. The van der Waals surface area contributed by atoms with Gasteiger partial charge in [0.05, 0.1) is 19.2 Å². The molecule has 0 aliphatic carbocycles. The van der Waals surface area contributed by atoms with Gasteiger partial charge in [0, 0.05) is 17.5 Å². The van der Waals surface area contributed by atoms with Gasteiger partial charge in [0.15, 0.2) is 0 Å². The predicted octanol–water partition coefficient (Wildman–Crippen LogP) is 4.11. The molecule has 0 unspecified atom stereocenters. The third kappa shape index (κ3) is 3.20. The molecule has 4 rings (SSSR count). The SMILES string of the molecule is COc1ccc(CCN2Cc3cc4ccc(C)cc4nc3OC2=O)cc1. The normalized spacial score (nSPS) is 13.5. The Morgan fingerprint density at radius 1 is 1.15 bits per heavy atom. The van der Waals surface area contributed by atoms with Crippen molar-refractivity contribution in [2.75, 3.05) is 13.7 Å². The van der Waals surface area contributed by atoms with Crippen LogP contribution in [0.15, 0.2) is 48.5 Å². The molecule has 2 aromatic carbocycles. The standard InChI is InChI=1S/C21H20N2O3/c1-14-3-6-16-12-17-13-23(21(24)26-20(17)22-19(16)11-14)10-9-15-4-7-18(25-2)8-5-15/h3-8,11-12H,9-10,13H2,1-2H3. The molecule has 0 spiro atoms. The average molecular weight is 348 g/mol. The quantitative estimate of drug-likeness (QED) is 0.712. The van der Waals surface area contributed by atoms with Crippen LogP contribution in [0.25, 0.3) is 10.9 Å². The summed E-state index contributed by atoms with van der Waals surface area (Å²) in [5.41, 5.74) is 4.07. The van der Waals surface area contributed by atoms with Gasteiger partial charge in [-0.25, -0.2) is 9.78 Å². The number of nitrogens with zero attached hydrogens (tertiary/aromatic N) is 2. The molecular formula is C21H20N2O3. The third-order valence-electron chi connectivity index (χ3n) is 4.65. The van der Waals surface area contributed by atoms with Gasteiger partial charge in [0.25, 0.3) is 0 Å². The molecule has 1 aliphatic heterocycles. The first-order valence-electron chi connectivity index (χ1n) is 8.62. The number of benzene rings is 2. The van der Waals surface area contributed by atoms with Crippen LogP contribution in [-0.4, -0.2) is 29.6 Å². The van der Waals surface area contributed by atoms with Crippen LogP contribution >= 0.6 is 0 Å². The fraction of sp³-hybridized carbons (Fsp3) is 0.238. The second-order valence-corrected chi connectivity index (χ2v) is 6.54. The number of aromatic nitrogens is 1. The van der Waals surface area contributed by atoms with Crippen LogP contribution in [0.1, 0.15) is 16.7 Å². The van der Waals surface area contributed by atoms with Crippen molar-refractivity contribution < 1.29 is 14.3 Å². The van der Waals surface area contributed by atoms with Crippen LogP contribution in [0.5, 0.6) is 11.6 Å². The van der Waals surface area contributed by atoms with E-state index in [9.17, 15) is 4.79 Å². The van der Waals surface area contributed by atoms with E-state index in [1.165, 1.54) is 0 Å². The first-order chi connectivity index (χ1) is 12.6. The number of aryl methyl sites for hydroxylation is 1. The number of rotatable bonds is 4. The highest BCUT2D eigenvalue weighted by Crippen LogP contribution is 2.28. The number of methoxy groups -OCH3 is 1. The molecule has 0 N–H and O–H groups in total. The molecule has 0 bridgehead atoms. The minimum Gasteiger partial charge on any atom is -0.497 e. The molecule has 1 amide bonds. The number of fused-ring (bicyclic) bond motifs is 2. The Morgan fingerprint density at radius 2 is 1.96 bits per heavy atom. The van der Waals surface area contributed by atoms with E-state index in [0.29, 0.717) is 19.0 Å². The van der Waals surface area contributed by atoms with Crippen LogP contribution in [0.3, 0.4) is 0 Å². The summed E-state index contributed by atoms with van der Waals surface area (Å²) in [6, 6.07) is 16.1. The lowest BCUT2D eigenvalue weighted by molar-refractivity contribution is 0.137. The van der Waals surface area contributed by atoms with Gasteiger partial charge < -0.3 is 14.4 Å². The molecule has 3 aromatic rings. The Bertz CT molecular complexity index is 967. The summed E-state index contributed by atoms with van der Waals surface area (Å²) in [6.45, 7) is 3.13. The maximum Gasteiger partial charge on any atom is 0.416 e. The molecule has 26 heavy (non-hydrogen) atoms. The molecule has 5 heteroatoms. The molecule has 0 atom stereocenters. The third-order valence-corrected chi connectivity index (χ3v) is 4.65. The van der Waals surface area contributed by atoms with Crippen molar-refractivity contribution >= 4 is 17.0 Å². The highest BCUT2D eigenvalue weighted by atomic mass is 16.6. The van der Waals surface area contributed by atoms with E-state index in [-0.39, 0.29) is 6.09 Å². The molecule has 0 radical (unpaired) electrons. The Kier molecular flexibility index (Phi) is 4.21. The topological polar surface area (TPSA) is 51.7 Å². The lowest BCUT2D eigenvalue weighted by Crippen LogP contribution is -2.38. The molecule has 1 aliphatic rings. The van der Waals surface area contributed by atoms with Crippen LogP contribution in [0.4, 0.5) is 4.79 Å². The second-order valence-electron chi connectivity index (χ2n) is 6.54. The van der Waals surface area contributed by atoms with E-state index in [4.69, 9.17) is 9.47 Å². The monoisotopic (exact) mass is 348 g/mol. The van der Waals surface area contributed by atoms with Gasteiger partial charge in [0.1, 0.15) is 5.75 Å². The first kappa shape index (κ1) is 16.4. The van der Waals surface area contributed by atoms with Gasteiger partial charge in [0.2, 0.25) is 5.88 Å². The zero-order valence-corrected chi connectivity index (χ0v) is 14.9. The van der Waals surface area contributed by atoms with E-state index in [1.807, 2.05) is 37.3 Å². The second kappa shape index (κ2) is 6.67. The highest BCUT2D eigenvalue weighted by Gasteiger charge is 2.26. The fourth-order valence-corrected chi connectivity index (χ4v) is 3.15. The molecular weight excluding hydrogens is 328 g/mol. The van der Waals surface area contributed by atoms with Gasteiger partial charge in [-0.3, -0.25) is 0 Å². The van der Waals surface area contributed by atoms with Crippen LogP contribution in [-0.2, 0) is 13.0 Å². The van der Waals surface area contributed by atoms with Crippen molar-refractivity contribution in [3.05, 3.63) is 65.2 Å². The Morgan fingerprint density at radius 3 is 2.73 bits per heavy atom. The zero-order chi connectivity index (χ0) is 18.1. The molecule has 0 fully saturated rings. The van der Waals surface area contributed by atoms with Gasteiger partial charge in [-0.2, -0.15) is 0 Å². The molecule has 1 aromatic heterocycles. The number of ether oxygens (including phenoxy) is 2. The molecule has 5 nitrogen and oxygen atoms in total.